The summed E-state index contributed by atoms with van der Waals surface area (Å²) in [6, 6.07) is 0. The minimum Gasteiger partial charge on any atom is -0.462 e. The van der Waals surface area contributed by atoms with Crippen LogP contribution < -0.4 is 0 Å². The number of carbonyl (C=O) groups is 2. The molecule has 0 heterocycles. The van der Waals surface area contributed by atoms with Gasteiger partial charge in [0, 0.05) is 12.8 Å². The molecule has 0 amide bonds. The molecular formula is C48H93NO8P+. The molecule has 0 spiro atoms. The molecule has 10 heteroatoms. The summed E-state index contributed by atoms with van der Waals surface area (Å²) in [5.74, 6) is -0.805. The summed E-state index contributed by atoms with van der Waals surface area (Å²) in [6.07, 6.45) is 45.1. The van der Waals surface area contributed by atoms with E-state index in [9.17, 15) is 19.0 Å². The van der Waals surface area contributed by atoms with Crippen LogP contribution in [0.3, 0.4) is 0 Å². The number of ether oxygens (including phenoxy) is 2. The standard InChI is InChI=1S/C48H92NO8P/c1-6-8-10-12-14-16-18-20-22-23-24-25-26-27-29-30-32-34-36-38-40-47(50)54-44-46(45-56-58(52,53)55-43-42-49(3,4)5)57-48(51)41-39-37-35-33-31-28-21-19-17-15-13-11-9-7-2/h13,15,19,21,46H,6-12,14,16-18,20,22-45H2,1-5H3/p+1/b15-13-,21-19-. The monoisotopic (exact) mass is 843 g/mol. The summed E-state index contributed by atoms with van der Waals surface area (Å²) in [4.78, 5) is 35.4. The summed E-state index contributed by atoms with van der Waals surface area (Å²) in [5.41, 5.74) is 0. The van der Waals surface area contributed by atoms with Crippen molar-refractivity contribution in [2.45, 2.75) is 225 Å². The number of allylic oxidation sites excluding steroid dienone is 4. The zero-order chi connectivity index (χ0) is 42.8. The molecule has 0 fully saturated rings. The van der Waals surface area contributed by atoms with E-state index in [0.717, 1.165) is 64.2 Å². The summed E-state index contributed by atoms with van der Waals surface area (Å²) in [6.45, 7) is 4.39. The van der Waals surface area contributed by atoms with E-state index in [2.05, 4.69) is 38.2 Å². The summed E-state index contributed by atoms with van der Waals surface area (Å²) in [5, 5.41) is 0. The van der Waals surface area contributed by atoms with E-state index in [1.165, 1.54) is 122 Å². The molecule has 0 aromatic heterocycles. The van der Waals surface area contributed by atoms with Crippen molar-refractivity contribution in [2.24, 2.45) is 0 Å². The van der Waals surface area contributed by atoms with Gasteiger partial charge in [-0.25, -0.2) is 4.57 Å². The molecule has 0 aromatic rings. The number of nitrogens with zero attached hydrogens (tertiary/aromatic N) is 1. The lowest BCUT2D eigenvalue weighted by Gasteiger charge is -2.24. The fraction of sp³-hybridized carbons (Fsp3) is 0.875. The molecule has 0 radical (unpaired) electrons. The predicted octanol–water partition coefficient (Wildman–Crippen LogP) is 13.9. The Hall–Kier alpha value is -1.51. The predicted molar refractivity (Wildman–Crippen MR) is 243 cm³/mol. The minimum absolute atomic E-state index is 0.0307. The molecule has 58 heavy (non-hydrogen) atoms. The van der Waals surface area contributed by atoms with Crippen LogP contribution in [-0.2, 0) is 32.7 Å². The summed E-state index contributed by atoms with van der Waals surface area (Å²) in [7, 11) is 1.47. The van der Waals surface area contributed by atoms with Crippen molar-refractivity contribution in [3.05, 3.63) is 24.3 Å². The van der Waals surface area contributed by atoms with Gasteiger partial charge in [-0.2, -0.15) is 0 Å². The summed E-state index contributed by atoms with van der Waals surface area (Å²) >= 11 is 0. The molecule has 0 aliphatic carbocycles. The molecule has 0 aromatic carbocycles. The van der Waals surface area contributed by atoms with Gasteiger partial charge in [-0.3, -0.25) is 18.6 Å². The van der Waals surface area contributed by atoms with Crippen molar-refractivity contribution in [1.29, 1.82) is 0 Å². The first kappa shape index (κ1) is 56.5. The molecule has 0 saturated heterocycles. The van der Waals surface area contributed by atoms with Crippen molar-refractivity contribution >= 4 is 19.8 Å². The zero-order valence-corrected chi connectivity index (χ0v) is 39.4. The van der Waals surface area contributed by atoms with Crippen LogP contribution >= 0.6 is 7.82 Å². The first-order valence-electron chi connectivity index (χ1n) is 24.1. The molecule has 1 N–H and O–H groups in total. The number of hydrogen-bond donors (Lipinski definition) is 1. The van der Waals surface area contributed by atoms with Crippen LogP contribution in [0, 0.1) is 0 Å². The van der Waals surface area contributed by atoms with Gasteiger partial charge in [0.15, 0.2) is 6.10 Å². The highest BCUT2D eigenvalue weighted by molar-refractivity contribution is 7.47. The van der Waals surface area contributed by atoms with Gasteiger partial charge in [0.1, 0.15) is 19.8 Å². The van der Waals surface area contributed by atoms with Gasteiger partial charge in [0.2, 0.25) is 0 Å². The molecule has 342 valence electrons. The number of hydrogen-bond acceptors (Lipinski definition) is 7. The molecule has 2 atom stereocenters. The van der Waals surface area contributed by atoms with Crippen LogP contribution in [0.4, 0.5) is 0 Å². The smallest absolute Gasteiger partial charge is 0.462 e. The highest BCUT2D eigenvalue weighted by Gasteiger charge is 2.27. The van der Waals surface area contributed by atoms with E-state index in [4.69, 9.17) is 18.5 Å². The second kappa shape index (κ2) is 40.9. The maximum absolute atomic E-state index is 12.7. The van der Waals surface area contributed by atoms with E-state index >= 15 is 0 Å². The number of esters is 2. The van der Waals surface area contributed by atoms with Crippen molar-refractivity contribution in [2.75, 3.05) is 47.5 Å². The highest BCUT2D eigenvalue weighted by atomic mass is 31.2. The number of phosphoric ester groups is 1. The number of rotatable bonds is 44. The Morgan fingerprint density at radius 1 is 0.534 bits per heavy atom. The normalized spacial score (nSPS) is 13.7. The first-order valence-corrected chi connectivity index (χ1v) is 25.6. The van der Waals surface area contributed by atoms with Crippen molar-refractivity contribution in [1.82, 2.24) is 0 Å². The summed E-state index contributed by atoms with van der Waals surface area (Å²) < 4.78 is 34.4. The van der Waals surface area contributed by atoms with Gasteiger partial charge in [-0.05, 0) is 38.5 Å². The third kappa shape index (κ3) is 44.1. The average molecular weight is 843 g/mol. The van der Waals surface area contributed by atoms with Gasteiger partial charge in [0.25, 0.3) is 0 Å². The van der Waals surface area contributed by atoms with Crippen LogP contribution in [0.2, 0.25) is 0 Å². The Balaban J connectivity index is 4.25. The number of carbonyl (C=O) groups excluding carboxylic acids is 2. The van der Waals surface area contributed by atoms with Gasteiger partial charge in [0.05, 0.1) is 27.7 Å². The van der Waals surface area contributed by atoms with Crippen LogP contribution in [-0.4, -0.2) is 74.9 Å². The lowest BCUT2D eigenvalue weighted by molar-refractivity contribution is -0.870. The number of unbranched alkanes of at least 4 members (excludes halogenated alkanes) is 26. The highest BCUT2D eigenvalue weighted by Crippen LogP contribution is 2.43. The fourth-order valence-electron chi connectivity index (χ4n) is 6.68. The van der Waals surface area contributed by atoms with E-state index in [0.29, 0.717) is 23.9 Å². The lowest BCUT2D eigenvalue weighted by atomic mass is 10.0. The van der Waals surface area contributed by atoms with E-state index in [-0.39, 0.29) is 25.6 Å². The largest absolute Gasteiger partial charge is 0.472 e. The Labute approximate surface area is 358 Å². The topological polar surface area (TPSA) is 108 Å². The molecule has 0 rings (SSSR count). The van der Waals surface area contributed by atoms with Crippen molar-refractivity contribution in [3.63, 3.8) is 0 Å². The minimum atomic E-state index is -4.38. The maximum Gasteiger partial charge on any atom is 0.472 e. The van der Waals surface area contributed by atoms with Crippen LogP contribution in [0.15, 0.2) is 24.3 Å². The third-order valence-corrected chi connectivity index (χ3v) is 11.5. The Morgan fingerprint density at radius 2 is 0.948 bits per heavy atom. The van der Waals surface area contributed by atoms with Gasteiger partial charge < -0.3 is 18.9 Å². The Kier molecular flexibility index (Phi) is 39.8. The molecule has 0 aliphatic heterocycles. The maximum atomic E-state index is 12.7. The van der Waals surface area contributed by atoms with E-state index in [1.54, 1.807) is 0 Å². The molecule has 2 unspecified atom stereocenters. The molecular weight excluding hydrogens is 750 g/mol. The number of phosphoric acid groups is 1. The van der Waals surface area contributed by atoms with E-state index < -0.39 is 26.5 Å². The average Bonchev–Trinajstić information content (AvgIpc) is 3.17. The second-order valence-corrected chi connectivity index (χ2v) is 19.0. The molecule has 0 saturated carbocycles. The van der Waals surface area contributed by atoms with E-state index in [1.807, 2.05) is 21.1 Å². The fourth-order valence-corrected chi connectivity index (χ4v) is 7.42. The van der Waals surface area contributed by atoms with Crippen molar-refractivity contribution < 1.29 is 42.1 Å². The van der Waals surface area contributed by atoms with Gasteiger partial charge in [-0.1, -0.05) is 192 Å². The van der Waals surface area contributed by atoms with Crippen LogP contribution in [0.25, 0.3) is 0 Å². The Bertz CT molecular complexity index is 1040. The molecule has 9 nitrogen and oxygen atoms in total. The number of quaternary nitrogens is 1. The third-order valence-electron chi connectivity index (χ3n) is 10.5. The molecule has 0 bridgehead atoms. The Morgan fingerprint density at radius 3 is 1.41 bits per heavy atom. The lowest BCUT2D eigenvalue weighted by Crippen LogP contribution is -2.37. The first-order chi connectivity index (χ1) is 28.0. The van der Waals surface area contributed by atoms with Crippen molar-refractivity contribution in [3.8, 4) is 0 Å². The SMILES string of the molecule is CCCC/C=C\C/C=C\CCCCCCCC(=O)OC(COC(=O)CCCCCCCCCCCCCCCCCCCCCC)COP(=O)(O)OCC[N+](C)(C)C. The number of likely N-dealkylation sites (N-methyl/N-ethyl adjacent to an activating group) is 1. The van der Waals surface area contributed by atoms with Crippen LogP contribution in [0.5, 0.6) is 0 Å². The second-order valence-electron chi connectivity index (χ2n) is 17.5. The van der Waals surface area contributed by atoms with Crippen LogP contribution in [0.1, 0.15) is 219 Å². The molecule has 0 aliphatic rings. The van der Waals surface area contributed by atoms with Gasteiger partial charge >= 0.3 is 19.8 Å². The zero-order valence-electron chi connectivity index (χ0n) is 38.5. The van der Waals surface area contributed by atoms with Gasteiger partial charge in [-0.15, -0.1) is 0 Å². The quantitative estimate of drug-likeness (QED) is 0.0212.